The molecule has 92 valence electrons. The number of benzene rings is 1. The van der Waals surface area contributed by atoms with Gasteiger partial charge in [0.05, 0.1) is 22.0 Å². The van der Waals surface area contributed by atoms with Crippen molar-refractivity contribution in [2.45, 2.75) is 18.6 Å². The summed E-state index contributed by atoms with van der Waals surface area (Å²) in [6.45, 7) is 1.74. The highest BCUT2D eigenvalue weighted by Crippen LogP contribution is 2.39. The fourth-order valence-electron chi connectivity index (χ4n) is 2.68. The zero-order valence-corrected chi connectivity index (χ0v) is 11.1. The van der Waals surface area contributed by atoms with Crippen LogP contribution in [0, 0.1) is 5.82 Å². The maximum atomic E-state index is 13.5. The maximum absolute atomic E-state index is 13.5. The Hall–Kier alpha value is -0.810. The van der Waals surface area contributed by atoms with Gasteiger partial charge in [0, 0.05) is 32.3 Å². The Kier molecular flexibility index (Phi) is 2.75. The van der Waals surface area contributed by atoms with Gasteiger partial charge in [0.1, 0.15) is 5.82 Å². The van der Waals surface area contributed by atoms with Crippen molar-refractivity contribution in [3.63, 3.8) is 0 Å². The lowest BCUT2D eigenvalue weighted by Crippen LogP contribution is -2.39. The first kappa shape index (κ1) is 11.3. The molecule has 1 N–H and O–H groups in total. The summed E-state index contributed by atoms with van der Waals surface area (Å²) in [4.78, 5) is 2.31. The van der Waals surface area contributed by atoms with E-state index in [2.05, 4.69) is 26.1 Å². The van der Waals surface area contributed by atoms with Gasteiger partial charge in [-0.2, -0.15) is 0 Å². The van der Waals surface area contributed by atoms with E-state index < -0.39 is 0 Å². The summed E-state index contributed by atoms with van der Waals surface area (Å²) in [5.74, 6) is -0.225. The molecule has 3 nitrogen and oxygen atoms in total. The first-order chi connectivity index (χ1) is 8.19. The molecular formula is C12H14BrFN2O. The summed E-state index contributed by atoms with van der Waals surface area (Å²) in [6, 6.07) is 3.85. The molecule has 0 aromatic heterocycles. The molecule has 0 unspecified atom stereocenters. The number of nitrogens with zero attached hydrogens (tertiary/aromatic N) is 1. The Morgan fingerprint density at radius 1 is 1.53 bits per heavy atom. The minimum absolute atomic E-state index is 0.225. The number of methoxy groups -OCH3 is 1. The van der Waals surface area contributed by atoms with Crippen LogP contribution in [0.5, 0.6) is 0 Å². The standard InChI is InChI=1S/C12H14BrFN2O/c1-17-8-2-7-5-15-11-4-10(14)9(13)3-12(11)16(7)6-8/h3-4,7-8,15H,2,5-6H2,1H3/t7-,8-/m1/s1. The molecule has 3 rings (SSSR count). The second kappa shape index (κ2) is 4.14. The highest BCUT2D eigenvalue weighted by molar-refractivity contribution is 9.10. The third kappa shape index (κ3) is 1.81. The first-order valence-electron chi connectivity index (χ1n) is 5.71. The average molecular weight is 301 g/mol. The molecule has 1 aromatic rings. The van der Waals surface area contributed by atoms with E-state index in [1.165, 1.54) is 0 Å². The van der Waals surface area contributed by atoms with Gasteiger partial charge in [-0.3, -0.25) is 0 Å². The number of anilines is 2. The van der Waals surface area contributed by atoms with Crippen LogP contribution in [0.2, 0.25) is 0 Å². The van der Waals surface area contributed by atoms with Crippen LogP contribution in [-0.2, 0) is 4.74 Å². The molecule has 0 spiro atoms. The molecule has 1 aromatic carbocycles. The van der Waals surface area contributed by atoms with Crippen LogP contribution in [0.15, 0.2) is 16.6 Å². The molecule has 0 saturated carbocycles. The van der Waals surface area contributed by atoms with Gasteiger partial charge in [-0.05, 0) is 28.4 Å². The predicted octanol–water partition coefficient (Wildman–Crippen LogP) is 2.61. The summed E-state index contributed by atoms with van der Waals surface area (Å²) in [5.41, 5.74) is 1.94. The fraction of sp³-hybridized carbons (Fsp3) is 0.500. The zero-order valence-electron chi connectivity index (χ0n) is 9.54. The molecule has 2 aliphatic rings. The van der Waals surface area contributed by atoms with Crippen molar-refractivity contribution in [1.29, 1.82) is 0 Å². The van der Waals surface area contributed by atoms with Gasteiger partial charge in [0.15, 0.2) is 0 Å². The van der Waals surface area contributed by atoms with Crippen LogP contribution in [0.1, 0.15) is 6.42 Å². The monoisotopic (exact) mass is 300 g/mol. The molecule has 1 fully saturated rings. The van der Waals surface area contributed by atoms with Crippen molar-refractivity contribution < 1.29 is 9.13 Å². The quantitative estimate of drug-likeness (QED) is 0.863. The Labute approximate surface area is 108 Å². The molecule has 17 heavy (non-hydrogen) atoms. The lowest BCUT2D eigenvalue weighted by atomic mass is 10.1. The molecule has 2 heterocycles. The van der Waals surface area contributed by atoms with E-state index in [1.54, 1.807) is 13.2 Å². The topological polar surface area (TPSA) is 24.5 Å². The minimum Gasteiger partial charge on any atom is -0.381 e. The molecule has 2 aliphatic heterocycles. The van der Waals surface area contributed by atoms with Crippen LogP contribution in [0.4, 0.5) is 15.8 Å². The third-order valence-corrected chi connectivity index (χ3v) is 4.19. The number of hydrogen-bond acceptors (Lipinski definition) is 3. The Morgan fingerprint density at radius 3 is 3.12 bits per heavy atom. The maximum Gasteiger partial charge on any atom is 0.139 e. The van der Waals surface area contributed by atoms with Crippen LogP contribution in [0.3, 0.4) is 0 Å². The van der Waals surface area contributed by atoms with E-state index in [9.17, 15) is 4.39 Å². The summed E-state index contributed by atoms with van der Waals surface area (Å²) in [6.07, 6.45) is 1.30. The largest absolute Gasteiger partial charge is 0.381 e. The van der Waals surface area contributed by atoms with E-state index in [0.29, 0.717) is 10.5 Å². The van der Waals surface area contributed by atoms with Gasteiger partial charge >= 0.3 is 0 Å². The van der Waals surface area contributed by atoms with Crippen LogP contribution in [-0.4, -0.2) is 32.3 Å². The van der Waals surface area contributed by atoms with E-state index in [1.807, 2.05) is 6.07 Å². The third-order valence-electron chi connectivity index (χ3n) is 3.59. The predicted molar refractivity (Wildman–Crippen MR) is 69.1 cm³/mol. The van der Waals surface area contributed by atoms with Gasteiger partial charge < -0.3 is 15.0 Å². The normalized spacial score (nSPS) is 26.4. The van der Waals surface area contributed by atoms with Gasteiger partial charge in [-0.15, -0.1) is 0 Å². The van der Waals surface area contributed by atoms with Crippen LogP contribution in [0.25, 0.3) is 0 Å². The number of nitrogens with one attached hydrogen (secondary N) is 1. The van der Waals surface area contributed by atoms with Crippen molar-refractivity contribution in [2.24, 2.45) is 0 Å². The second-order valence-electron chi connectivity index (χ2n) is 4.56. The highest BCUT2D eigenvalue weighted by Gasteiger charge is 2.36. The van der Waals surface area contributed by atoms with E-state index >= 15 is 0 Å². The van der Waals surface area contributed by atoms with Gasteiger partial charge in [-0.1, -0.05) is 0 Å². The SMILES string of the molecule is CO[C@@H]1C[C@@H]2CNc3cc(F)c(Br)cc3N2C1. The number of hydrogen-bond donors (Lipinski definition) is 1. The van der Waals surface area contributed by atoms with Crippen molar-refractivity contribution in [2.75, 3.05) is 30.4 Å². The Morgan fingerprint density at radius 2 is 2.35 bits per heavy atom. The summed E-state index contributed by atoms with van der Waals surface area (Å²) in [5, 5.41) is 3.29. The van der Waals surface area contributed by atoms with Crippen LogP contribution < -0.4 is 10.2 Å². The summed E-state index contributed by atoms with van der Waals surface area (Å²) in [7, 11) is 1.75. The lowest BCUT2D eigenvalue weighted by Gasteiger charge is -2.34. The molecule has 1 saturated heterocycles. The molecule has 0 bridgehead atoms. The van der Waals surface area contributed by atoms with Gasteiger partial charge in [-0.25, -0.2) is 4.39 Å². The second-order valence-corrected chi connectivity index (χ2v) is 5.42. The highest BCUT2D eigenvalue weighted by atomic mass is 79.9. The van der Waals surface area contributed by atoms with E-state index in [-0.39, 0.29) is 11.9 Å². The molecule has 0 aliphatic carbocycles. The summed E-state index contributed by atoms with van der Waals surface area (Å²) < 4.78 is 19.4. The number of ether oxygens (including phenoxy) is 1. The van der Waals surface area contributed by atoms with Crippen LogP contribution >= 0.6 is 15.9 Å². The molecule has 0 amide bonds. The first-order valence-corrected chi connectivity index (χ1v) is 6.50. The van der Waals surface area contributed by atoms with E-state index in [0.717, 1.165) is 30.9 Å². The number of rotatable bonds is 1. The van der Waals surface area contributed by atoms with Crippen molar-refractivity contribution in [3.8, 4) is 0 Å². The van der Waals surface area contributed by atoms with E-state index in [4.69, 9.17) is 4.74 Å². The Bertz CT molecular complexity index is 454. The molecule has 2 atom stereocenters. The van der Waals surface area contributed by atoms with Gasteiger partial charge in [0.2, 0.25) is 0 Å². The Balaban J connectivity index is 1.98. The molecule has 0 radical (unpaired) electrons. The number of halogens is 2. The smallest absolute Gasteiger partial charge is 0.139 e. The van der Waals surface area contributed by atoms with Crippen molar-refractivity contribution in [3.05, 3.63) is 22.4 Å². The summed E-state index contributed by atoms with van der Waals surface area (Å²) >= 11 is 3.24. The zero-order chi connectivity index (χ0) is 12.0. The average Bonchev–Trinajstić information content (AvgIpc) is 2.74. The number of fused-ring (bicyclic) bond motifs is 3. The molecule has 5 heteroatoms. The van der Waals surface area contributed by atoms with Crippen molar-refractivity contribution in [1.82, 2.24) is 0 Å². The van der Waals surface area contributed by atoms with Gasteiger partial charge in [0.25, 0.3) is 0 Å². The minimum atomic E-state index is -0.225. The van der Waals surface area contributed by atoms with Crippen molar-refractivity contribution >= 4 is 27.3 Å². The fourth-order valence-corrected chi connectivity index (χ4v) is 3.01. The molecular weight excluding hydrogens is 287 g/mol. The lowest BCUT2D eigenvalue weighted by molar-refractivity contribution is 0.118.